The molecule has 2 rings (SSSR count). The average molecular weight is 266 g/mol. The molecular formula is C17H34N2. The lowest BCUT2D eigenvalue weighted by atomic mass is 9.76. The van der Waals surface area contributed by atoms with Gasteiger partial charge in [-0.25, -0.2) is 0 Å². The summed E-state index contributed by atoms with van der Waals surface area (Å²) in [5.41, 5.74) is 0. The van der Waals surface area contributed by atoms with Crippen LogP contribution in [0.2, 0.25) is 0 Å². The Balaban J connectivity index is 1.86. The Morgan fingerprint density at radius 2 is 1.84 bits per heavy atom. The maximum atomic E-state index is 3.76. The van der Waals surface area contributed by atoms with Crippen molar-refractivity contribution in [3.63, 3.8) is 0 Å². The van der Waals surface area contributed by atoms with Gasteiger partial charge in [0, 0.05) is 12.6 Å². The molecule has 1 heterocycles. The second-order valence-corrected chi connectivity index (χ2v) is 6.75. The Kier molecular flexibility index (Phi) is 6.66. The van der Waals surface area contributed by atoms with Crippen molar-refractivity contribution in [3.8, 4) is 0 Å². The number of piperidine rings is 1. The predicted molar refractivity (Wildman–Crippen MR) is 83.5 cm³/mol. The molecule has 3 atom stereocenters. The largest absolute Gasteiger partial charge is 0.314 e. The number of hydrogen-bond donors (Lipinski definition) is 1. The van der Waals surface area contributed by atoms with Crippen LogP contribution >= 0.6 is 0 Å². The minimum absolute atomic E-state index is 0.792. The smallest absolute Gasteiger partial charge is 0.0108 e. The first-order chi connectivity index (χ1) is 9.33. The summed E-state index contributed by atoms with van der Waals surface area (Å²) in [6.45, 7) is 9.81. The van der Waals surface area contributed by atoms with Gasteiger partial charge < -0.3 is 10.2 Å². The number of likely N-dealkylation sites (tertiary alicyclic amines) is 1. The second kappa shape index (κ2) is 8.26. The van der Waals surface area contributed by atoms with Gasteiger partial charge in [0.2, 0.25) is 0 Å². The van der Waals surface area contributed by atoms with Crippen LogP contribution in [0.5, 0.6) is 0 Å². The van der Waals surface area contributed by atoms with E-state index in [1.165, 1.54) is 71.0 Å². The van der Waals surface area contributed by atoms with Crippen LogP contribution in [0, 0.1) is 11.8 Å². The van der Waals surface area contributed by atoms with Crippen molar-refractivity contribution in [2.75, 3.05) is 26.2 Å². The van der Waals surface area contributed by atoms with Gasteiger partial charge in [-0.3, -0.25) is 0 Å². The summed E-state index contributed by atoms with van der Waals surface area (Å²) in [5.74, 6) is 1.91. The van der Waals surface area contributed by atoms with E-state index in [1.807, 2.05) is 0 Å². The van der Waals surface area contributed by atoms with Crippen molar-refractivity contribution >= 4 is 0 Å². The van der Waals surface area contributed by atoms with Crippen molar-refractivity contribution in [2.45, 2.75) is 71.3 Å². The number of hydrogen-bond acceptors (Lipinski definition) is 2. The maximum absolute atomic E-state index is 3.76. The fraction of sp³-hybridized carbons (Fsp3) is 1.00. The third-order valence-corrected chi connectivity index (χ3v) is 5.20. The molecule has 0 radical (unpaired) electrons. The van der Waals surface area contributed by atoms with E-state index in [-0.39, 0.29) is 0 Å². The molecule has 2 heteroatoms. The van der Waals surface area contributed by atoms with E-state index in [0.29, 0.717) is 0 Å². The van der Waals surface area contributed by atoms with Gasteiger partial charge in [0.05, 0.1) is 0 Å². The molecule has 0 aromatic heterocycles. The molecule has 1 saturated heterocycles. The fourth-order valence-electron chi connectivity index (χ4n) is 4.24. The molecular weight excluding hydrogens is 232 g/mol. The van der Waals surface area contributed by atoms with E-state index >= 15 is 0 Å². The quantitative estimate of drug-likeness (QED) is 0.789. The molecule has 112 valence electrons. The molecule has 1 saturated carbocycles. The molecule has 2 nitrogen and oxygen atoms in total. The highest BCUT2D eigenvalue weighted by Crippen LogP contribution is 2.33. The number of nitrogens with zero attached hydrogens (tertiary/aromatic N) is 1. The van der Waals surface area contributed by atoms with E-state index in [4.69, 9.17) is 0 Å². The van der Waals surface area contributed by atoms with Gasteiger partial charge in [0.25, 0.3) is 0 Å². The molecule has 1 aliphatic carbocycles. The van der Waals surface area contributed by atoms with Gasteiger partial charge in [-0.1, -0.05) is 33.1 Å². The Morgan fingerprint density at radius 1 is 1.05 bits per heavy atom. The van der Waals surface area contributed by atoms with Gasteiger partial charge in [0.1, 0.15) is 0 Å². The summed E-state index contributed by atoms with van der Waals surface area (Å²) in [7, 11) is 0. The van der Waals surface area contributed by atoms with Crippen molar-refractivity contribution in [3.05, 3.63) is 0 Å². The molecule has 0 spiro atoms. The van der Waals surface area contributed by atoms with Gasteiger partial charge in [-0.05, 0) is 63.6 Å². The summed E-state index contributed by atoms with van der Waals surface area (Å²) in [4.78, 5) is 2.74. The van der Waals surface area contributed by atoms with Crippen LogP contribution in [0.25, 0.3) is 0 Å². The van der Waals surface area contributed by atoms with Gasteiger partial charge in [-0.2, -0.15) is 0 Å². The van der Waals surface area contributed by atoms with Crippen LogP contribution in [0.4, 0.5) is 0 Å². The lowest BCUT2D eigenvalue weighted by Gasteiger charge is -2.40. The third kappa shape index (κ3) is 4.75. The highest BCUT2D eigenvalue weighted by molar-refractivity contribution is 4.87. The minimum Gasteiger partial charge on any atom is -0.314 e. The summed E-state index contributed by atoms with van der Waals surface area (Å²) < 4.78 is 0. The minimum atomic E-state index is 0.792. The summed E-state index contributed by atoms with van der Waals surface area (Å²) >= 11 is 0. The SMILES string of the molecule is CCCC1CCC(NCC)C(CN2CCCCC2)C1. The Morgan fingerprint density at radius 3 is 2.53 bits per heavy atom. The average Bonchev–Trinajstić information content (AvgIpc) is 2.43. The zero-order valence-electron chi connectivity index (χ0n) is 13.2. The second-order valence-electron chi connectivity index (χ2n) is 6.75. The molecule has 0 aromatic carbocycles. The third-order valence-electron chi connectivity index (χ3n) is 5.20. The normalized spacial score (nSPS) is 33.5. The molecule has 0 amide bonds. The zero-order chi connectivity index (χ0) is 13.5. The Labute approximate surface area is 120 Å². The van der Waals surface area contributed by atoms with E-state index in [9.17, 15) is 0 Å². The first-order valence-electron chi connectivity index (χ1n) is 8.79. The van der Waals surface area contributed by atoms with Gasteiger partial charge >= 0.3 is 0 Å². The molecule has 0 aromatic rings. The highest BCUT2D eigenvalue weighted by Gasteiger charge is 2.30. The predicted octanol–water partition coefficient (Wildman–Crippen LogP) is 3.67. The zero-order valence-corrected chi connectivity index (χ0v) is 13.2. The highest BCUT2D eigenvalue weighted by atomic mass is 15.1. The van der Waals surface area contributed by atoms with Crippen LogP contribution in [0.3, 0.4) is 0 Å². The molecule has 2 fully saturated rings. The Bertz CT molecular complexity index is 235. The molecule has 2 aliphatic rings. The van der Waals surface area contributed by atoms with Crippen molar-refractivity contribution in [1.29, 1.82) is 0 Å². The van der Waals surface area contributed by atoms with Crippen LogP contribution < -0.4 is 5.32 Å². The van der Waals surface area contributed by atoms with Crippen LogP contribution in [-0.2, 0) is 0 Å². The van der Waals surface area contributed by atoms with Gasteiger partial charge in [0.15, 0.2) is 0 Å². The first kappa shape index (κ1) is 15.3. The van der Waals surface area contributed by atoms with Crippen LogP contribution in [-0.4, -0.2) is 37.1 Å². The van der Waals surface area contributed by atoms with E-state index < -0.39 is 0 Å². The number of rotatable bonds is 6. The number of nitrogens with one attached hydrogen (secondary N) is 1. The van der Waals surface area contributed by atoms with Crippen LogP contribution in [0.1, 0.15) is 65.2 Å². The van der Waals surface area contributed by atoms with Gasteiger partial charge in [-0.15, -0.1) is 0 Å². The van der Waals surface area contributed by atoms with E-state index in [1.54, 1.807) is 0 Å². The fourth-order valence-corrected chi connectivity index (χ4v) is 4.24. The van der Waals surface area contributed by atoms with E-state index in [0.717, 1.165) is 24.4 Å². The van der Waals surface area contributed by atoms with Crippen molar-refractivity contribution in [1.82, 2.24) is 10.2 Å². The Hall–Kier alpha value is -0.0800. The topological polar surface area (TPSA) is 15.3 Å². The standard InChI is InChI=1S/C17H34N2/c1-3-8-15-9-10-17(18-4-2)16(13-15)14-19-11-6-5-7-12-19/h15-18H,3-14H2,1-2H3. The lowest BCUT2D eigenvalue weighted by Crippen LogP contribution is -2.46. The molecule has 0 bridgehead atoms. The molecule has 19 heavy (non-hydrogen) atoms. The van der Waals surface area contributed by atoms with Crippen LogP contribution in [0.15, 0.2) is 0 Å². The molecule has 3 unspecified atom stereocenters. The molecule has 1 aliphatic heterocycles. The monoisotopic (exact) mass is 266 g/mol. The summed E-state index contributed by atoms with van der Waals surface area (Å²) in [6.07, 6.45) is 11.5. The molecule has 1 N–H and O–H groups in total. The summed E-state index contributed by atoms with van der Waals surface area (Å²) in [6, 6.07) is 0.792. The maximum Gasteiger partial charge on any atom is 0.0108 e. The van der Waals surface area contributed by atoms with Crippen molar-refractivity contribution in [2.24, 2.45) is 11.8 Å². The van der Waals surface area contributed by atoms with E-state index in [2.05, 4.69) is 24.1 Å². The van der Waals surface area contributed by atoms with Crippen molar-refractivity contribution < 1.29 is 0 Å². The summed E-state index contributed by atoms with van der Waals surface area (Å²) in [5, 5.41) is 3.76. The first-order valence-corrected chi connectivity index (χ1v) is 8.79. The lowest BCUT2D eigenvalue weighted by molar-refractivity contribution is 0.123.